The van der Waals surface area contributed by atoms with Gasteiger partial charge in [-0.2, -0.15) is 0 Å². The number of nitrogens with two attached hydrogens (primary N) is 1. The number of halogens is 1. The Labute approximate surface area is 126 Å². The van der Waals surface area contributed by atoms with E-state index in [0.717, 1.165) is 16.1 Å². The van der Waals surface area contributed by atoms with Gasteiger partial charge in [-0.05, 0) is 42.2 Å². The number of aryl methyl sites for hydroxylation is 2. The van der Waals surface area contributed by atoms with Crippen LogP contribution in [0.15, 0.2) is 42.5 Å². The summed E-state index contributed by atoms with van der Waals surface area (Å²) >= 11 is 6.18. The predicted octanol–water partition coefficient (Wildman–Crippen LogP) is 4.93. The third-order valence-corrected chi connectivity index (χ3v) is 4.58. The highest BCUT2D eigenvalue weighted by atomic mass is 35.5. The molecule has 0 bridgehead atoms. The second-order valence-electron chi connectivity index (χ2n) is 6.02. The quantitative estimate of drug-likeness (QED) is 0.850. The largest absolute Gasteiger partial charge is 0.323 e. The summed E-state index contributed by atoms with van der Waals surface area (Å²) in [6, 6.07) is 14.5. The second kappa shape index (κ2) is 5.59. The lowest BCUT2D eigenvalue weighted by molar-refractivity contribution is 0.419. The molecular weight excluding hydrogens is 266 g/mol. The van der Waals surface area contributed by atoms with Crippen molar-refractivity contribution in [1.82, 2.24) is 0 Å². The molecule has 2 heteroatoms. The first-order valence-electron chi connectivity index (χ1n) is 6.92. The fourth-order valence-corrected chi connectivity index (χ4v) is 2.79. The van der Waals surface area contributed by atoms with Crippen LogP contribution in [0.4, 0.5) is 0 Å². The zero-order valence-electron chi connectivity index (χ0n) is 12.6. The van der Waals surface area contributed by atoms with Crippen LogP contribution in [-0.2, 0) is 5.41 Å². The molecule has 20 heavy (non-hydrogen) atoms. The molecule has 1 unspecified atom stereocenters. The molecule has 0 saturated heterocycles. The van der Waals surface area contributed by atoms with Gasteiger partial charge in [0, 0.05) is 16.5 Å². The summed E-state index contributed by atoms with van der Waals surface area (Å²) < 4.78 is 0. The SMILES string of the molecule is Cc1cc(C(N)C(C)(C)c2ccccc2)c(C)cc1Cl. The van der Waals surface area contributed by atoms with Gasteiger partial charge in [0.1, 0.15) is 0 Å². The van der Waals surface area contributed by atoms with Crippen LogP contribution in [0.2, 0.25) is 5.02 Å². The van der Waals surface area contributed by atoms with Gasteiger partial charge in [-0.1, -0.05) is 61.8 Å². The summed E-state index contributed by atoms with van der Waals surface area (Å²) in [5, 5.41) is 0.802. The summed E-state index contributed by atoms with van der Waals surface area (Å²) in [6.07, 6.45) is 0. The molecule has 0 spiro atoms. The highest BCUT2D eigenvalue weighted by molar-refractivity contribution is 6.31. The maximum atomic E-state index is 6.58. The molecule has 1 atom stereocenters. The predicted molar refractivity (Wildman–Crippen MR) is 87.3 cm³/mol. The molecule has 0 aliphatic heterocycles. The smallest absolute Gasteiger partial charge is 0.0438 e. The number of rotatable bonds is 3. The molecule has 0 fully saturated rings. The van der Waals surface area contributed by atoms with E-state index in [1.165, 1.54) is 11.1 Å². The maximum absolute atomic E-state index is 6.58. The first-order chi connectivity index (χ1) is 9.34. The molecule has 0 aliphatic rings. The first kappa shape index (κ1) is 15.1. The average Bonchev–Trinajstić information content (AvgIpc) is 2.43. The standard InChI is InChI=1S/C18H22ClN/c1-12-11-16(19)13(2)10-15(12)17(20)18(3,4)14-8-6-5-7-9-14/h5-11,17H,20H2,1-4H3. The van der Waals surface area contributed by atoms with Crippen molar-refractivity contribution >= 4 is 11.6 Å². The minimum Gasteiger partial charge on any atom is -0.323 e. The lowest BCUT2D eigenvalue weighted by Gasteiger charge is -2.33. The van der Waals surface area contributed by atoms with Crippen LogP contribution < -0.4 is 5.73 Å². The van der Waals surface area contributed by atoms with Crippen molar-refractivity contribution < 1.29 is 0 Å². The molecule has 0 aromatic heterocycles. The Balaban J connectivity index is 2.45. The first-order valence-corrected chi connectivity index (χ1v) is 7.29. The maximum Gasteiger partial charge on any atom is 0.0438 e. The third kappa shape index (κ3) is 2.74. The van der Waals surface area contributed by atoms with Crippen LogP contribution in [0.5, 0.6) is 0 Å². The second-order valence-corrected chi connectivity index (χ2v) is 6.43. The van der Waals surface area contributed by atoms with E-state index in [-0.39, 0.29) is 11.5 Å². The molecular formula is C18H22ClN. The van der Waals surface area contributed by atoms with Gasteiger partial charge in [0.05, 0.1) is 0 Å². The van der Waals surface area contributed by atoms with E-state index in [2.05, 4.69) is 51.1 Å². The van der Waals surface area contributed by atoms with Crippen molar-refractivity contribution in [3.8, 4) is 0 Å². The Morgan fingerprint density at radius 1 is 1.00 bits per heavy atom. The number of hydrogen-bond donors (Lipinski definition) is 1. The normalized spacial score (nSPS) is 13.3. The van der Waals surface area contributed by atoms with Crippen LogP contribution in [0.25, 0.3) is 0 Å². The van der Waals surface area contributed by atoms with Gasteiger partial charge in [0.2, 0.25) is 0 Å². The van der Waals surface area contributed by atoms with E-state index in [0.29, 0.717) is 0 Å². The van der Waals surface area contributed by atoms with Gasteiger partial charge in [-0.3, -0.25) is 0 Å². The van der Waals surface area contributed by atoms with Gasteiger partial charge in [-0.25, -0.2) is 0 Å². The van der Waals surface area contributed by atoms with Crippen LogP contribution in [0.3, 0.4) is 0 Å². The van der Waals surface area contributed by atoms with Gasteiger partial charge in [-0.15, -0.1) is 0 Å². The monoisotopic (exact) mass is 287 g/mol. The zero-order valence-corrected chi connectivity index (χ0v) is 13.3. The summed E-state index contributed by atoms with van der Waals surface area (Å²) in [5.74, 6) is 0. The molecule has 2 aromatic rings. The summed E-state index contributed by atoms with van der Waals surface area (Å²) in [4.78, 5) is 0. The van der Waals surface area contributed by atoms with Crippen LogP contribution >= 0.6 is 11.6 Å². The summed E-state index contributed by atoms with van der Waals surface area (Å²) in [5.41, 5.74) is 11.1. The van der Waals surface area contributed by atoms with E-state index in [4.69, 9.17) is 17.3 Å². The molecule has 2 aromatic carbocycles. The molecule has 106 valence electrons. The van der Waals surface area contributed by atoms with Crippen molar-refractivity contribution in [2.45, 2.75) is 39.2 Å². The van der Waals surface area contributed by atoms with Crippen LogP contribution in [-0.4, -0.2) is 0 Å². The van der Waals surface area contributed by atoms with E-state index in [1.807, 2.05) is 19.1 Å². The topological polar surface area (TPSA) is 26.0 Å². The molecule has 1 nitrogen and oxygen atoms in total. The molecule has 0 saturated carbocycles. The minimum absolute atomic E-state index is 0.0686. The van der Waals surface area contributed by atoms with Crippen LogP contribution in [0, 0.1) is 13.8 Å². The highest BCUT2D eigenvalue weighted by Crippen LogP contribution is 2.37. The number of hydrogen-bond acceptors (Lipinski definition) is 1. The van der Waals surface area contributed by atoms with Crippen molar-refractivity contribution in [3.05, 3.63) is 69.7 Å². The molecule has 0 amide bonds. The number of benzene rings is 2. The summed E-state index contributed by atoms with van der Waals surface area (Å²) in [6.45, 7) is 8.47. The summed E-state index contributed by atoms with van der Waals surface area (Å²) in [7, 11) is 0. The Morgan fingerprint density at radius 3 is 2.20 bits per heavy atom. The Bertz CT molecular complexity index is 602. The van der Waals surface area contributed by atoms with Crippen molar-refractivity contribution in [1.29, 1.82) is 0 Å². The third-order valence-electron chi connectivity index (χ3n) is 4.18. The fourth-order valence-electron chi connectivity index (χ4n) is 2.57. The lowest BCUT2D eigenvalue weighted by Crippen LogP contribution is -2.33. The Morgan fingerprint density at radius 2 is 1.60 bits per heavy atom. The Kier molecular flexibility index (Phi) is 4.22. The van der Waals surface area contributed by atoms with Crippen LogP contribution in [0.1, 0.15) is 42.1 Å². The molecule has 2 rings (SSSR count). The fraction of sp³-hybridized carbons (Fsp3) is 0.333. The Hall–Kier alpha value is -1.31. The minimum atomic E-state index is -0.133. The molecule has 0 radical (unpaired) electrons. The van der Waals surface area contributed by atoms with Gasteiger partial charge >= 0.3 is 0 Å². The van der Waals surface area contributed by atoms with Crippen molar-refractivity contribution in [2.75, 3.05) is 0 Å². The molecule has 0 heterocycles. The van der Waals surface area contributed by atoms with Gasteiger partial charge in [0.25, 0.3) is 0 Å². The van der Waals surface area contributed by atoms with Gasteiger partial charge < -0.3 is 5.73 Å². The van der Waals surface area contributed by atoms with E-state index in [9.17, 15) is 0 Å². The molecule has 0 aliphatic carbocycles. The van der Waals surface area contributed by atoms with Crippen molar-refractivity contribution in [3.63, 3.8) is 0 Å². The van der Waals surface area contributed by atoms with E-state index < -0.39 is 0 Å². The highest BCUT2D eigenvalue weighted by Gasteiger charge is 2.30. The van der Waals surface area contributed by atoms with E-state index in [1.54, 1.807) is 0 Å². The van der Waals surface area contributed by atoms with E-state index >= 15 is 0 Å². The molecule has 2 N–H and O–H groups in total. The zero-order chi connectivity index (χ0) is 14.9. The van der Waals surface area contributed by atoms with Gasteiger partial charge in [0.15, 0.2) is 0 Å². The van der Waals surface area contributed by atoms with Crippen molar-refractivity contribution in [2.24, 2.45) is 5.73 Å². The average molecular weight is 288 g/mol. The lowest BCUT2D eigenvalue weighted by atomic mass is 9.74.